The fraction of sp³-hybridized carbons (Fsp3) is 0.143. The van der Waals surface area contributed by atoms with Crippen molar-refractivity contribution in [3.63, 3.8) is 0 Å². The lowest BCUT2D eigenvalue weighted by Crippen LogP contribution is -2.04. The SMILES string of the molecule is N#CCc1ccc(Cl)c(-c2cccc(C(F)(F)F)c2)n1. The summed E-state index contributed by atoms with van der Waals surface area (Å²) in [6.45, 7) is 0. The molecule has 0 fully saturated rings. The summed E-state index contributed by atoms with van der Waals surface area (Å²) in [6.07, 6.45) is -4.35. The summed E-state index contributed by atoms with van der Waals surface area (Å²) in [5.74, 6) is 0. The molecule has 0 saturated heterocycles. The largest absolute Gasteiger partial charge is 0.416 e. The predicted octanol–water partition coefficient (Wildman–Crippen LogP) is 4.49. The molecule has 0 saturated carbocycles. The van der Waals surface area contributed by atoms with Gasteiger partial charge in [-0.25, -0.2) is 0 Å². The zero-order chi connectivity index (χ0) is 14.8. The molecule has 0 aliphatic heterocycles. The number of benzene rings is 1. The van der Waals surface area contributed by atoms with Crippen LogP contribution in [0.1, 0.15) is 11.3 Å². The molecule has 102 valence electrons. The number of nitrogens with zero attached hydrogens (tertiary/aromatic N) is 2. The average molecular weight is 297 g/mol. The topological polar surface area (TPSA) is 36.7 Å². The summed E-state index contributed by atoms with van der Waals surface area (Å²) in [5, 5.41) is 8.87. The van der Waals surface area contributed by atoms with Crippen molar-refractivity contribution in [2.45, 2.75) is 12.6 Å². The predicted molar refractivity (Wildman–Crippen MR) is 69.0 cm³/mol. The molecular formula is C14H8ClF3N2. The summed E-state index contributed by atoms with van der Waals surface area (Å²) in [4.78, 5) is 4.13. The molecule has 0 unspecified atom stereocenters. The van der Waals surface area contributed by atoms with Crippen LogP contribution in [0.5, 0.6) is 0 Å². The number of hydrogen-bond donors (Lipinski definition) is 0. The molecule has 1 aromatic carbocycles. The van der Waals surface area contributed by atoms with Crippen molar-refractivity contribution in [2.24, 2.45) is 0 Å². The number of nitriles is 1. The Morgan fingerprint density at radius 2 is 1.95 bits per heavy atom. The Balaban J connectivity index is 2.51. The molecule has 0 atom stereocenters. The molecular weight excluding hydrogens is 289 g/mol. The van der Waals surface area contributed by atoms with Crippen LogP contribution in [0.25, 0.3) is 11.3 Å². The Morgan fingerprint density at radius 3 is 2.60 bits per heavy atom. The van der Waals surface area contributed by atoms with E-state index in [0.717, 1.165) is 12.1 Å². The average Bonchev–Trinajstić information content (AvgIpc) is 2.40. The number of rotatable bonds is 2. The summed E-state index contributed by atoms with van der Waals surface area (Å²) >= 11 is 5.97. The van der Waals surface area contributed by atoms with Crippen molar-refractivity contribution in [1.82, 2.24) is 4.98 Å². The van der Waals surface area contributed by atoms with Crippen LogP contribution in [0.15, 0.2) is 36.4 Å². The third-order valence-corrected chi connectivity index (χ3v) is 2.93. The van der Waals surface area contributed by atoms with E-state index in [-0.39, 0.29) is 22.7 Å². The van der Waals surface area contributed by atoms with Crippen LogP contribution >= 0.6 is 11.6 Å². The van der Waals surface area contributed by atoms with Gasteiger partial charge in [-0.15, -0.1) is 0 Å². The van der Waals surface area contributed by atoms with Gasteiger partial charge in [0.2, 0.25) is 0 Å². The van der Waals surface area contributed by atoms with Gasteiger partial charge in [0, 0.05) is 5.56 Å². The maximum atomic E-state index is 12.7. The van der Waals surface area contributed by atoms with E-state index in [0.29, 0.717) is 5.69 Å². The maximum Gasteiger partial charge on any atom is 0.416 e. The van der Waals surface area contributed by atoms with Crippen LogP contribution in [0.4, 0.5) is 13.2 Å². The molecule has 0 N–H and O–H groups in total. The first-order valence-electron chi connectivity index (χ1n) is 5.62. The minimum atomic E-state index is -4.42. The summed E-state index contributed by atoms with van der Waals surface area (Å²) in [6, 6.07) is 9.80. The summed E-state index contributed by atoms with van der Waals surface area (Å²) in [5.41, 5.74) is 0.206. The molecule has 2 rings (SSSR count). The highest BCUT2D eigenvalue weighted by Crippen LogP contribution is 2.33. The lowest BCUT2D eigenvalue weighted by atomic mass is 10.1. The monoisotopic (exact) mass is 296 g/mol. The van der Waals surface area contributed by atoms with Gasteiger partial charge < -0.3 is 0 Å². The first-order valence-corrected chi connectivity index (χ1v) is 5.99. The van der Waals surface area contributed by atoms with E-state index in [1.54, 1.807) is 6.07 Å². The van der Waals surface area contributed by atoms with Gasteiger partial charge in [-0.2, -0.15) is 18.4 Å². The molecule has 0 spiro atoms. The van der Waals surface area contributed by atoms with Gasteiger partial charge in [0.05, 0.1) is 34.5 Å². The van der Waals surface area contributed by atoms with Crippen LogP contribution in [-0.4, -0.2) is 4.98 Å². The Kier molecular flexibility index (Phi) is 3.96. The molecule has 0 radical (unpaired) electrons. The first kappa shape index (κ1) is 14.4. The molecule has 1 heterocycles. The highest BCUT2D eigenvalue weighted by atomic mass is 35.5. The fourth-order valence-corrected chi connectivity index (χ4v) is 1.92. The first-order chi connectivity index (χ1) is 9.41. The Labute approximate surface area is 118 Å². The van der Waals surface area contributed by atoms with E-state index in [1.807, 2.05) is 6.07 Å². The van der Waals surface area contributed by atoms with Crippen molar-refractivity contribution >= 4 is 11.6 Å². The molecule has 0 aliphatic rings. The smallest absolute Gasteiger partial charge is 0.250 e. The van der Waals surface area contributed by atoms with Crippen molar-refractivity contribution < 1.29 is 13.2 Å². The van der Waals surface area contributed by atoms with Gasteiger partial charge in [-0.3, -0.25) is 4.98 Å². The van der Waals surface area contributed by atoms with Gasteiger partial charge in [-0.05, 0) is 24.3 Å². The summed E-state index contributed by atoms with van der Waals surface area (Å²) in [7, 11) is 0. The number of hydrogen-bond acceptors (Lipinski definition) is 2. The molecule has 0 amide bonds. The number of pyridine rings is 1. The Morgan fingerprint density at radius 1 is 1.20 bits per heavy atom. The zero-order valence-corrected chi connectivity index (χ0v) is 10.8. The van der Waals surface area contributed by atoms with E-state index >= 15 is 0 Å². The van der Waals surface area contributed by atoms with Gasteiger partial charge >= 0.3 is 6.18 Å². The lowest BCUT2D eigenvalue weighted by molar-refractivity contribution is -0.137. The second-order valence-electron chi connectivity index (χ2n) is 4.05. The minimum absolute atomic E-state index is 0.0726. The van der Waals surface area contributed by atoms with Gasteiger partial charge in [-0.1, -0.05) is 23.7 Å². The second-order valence-corrected chi connectivity index (χ2v) is 4.45. The number of aromatic nitrogens is 1. The van der Waals surface area contributed by atoms with E-state index in [9.17, 15) is 13.2 Å². The van der Waals surface area contributed by atoms with Crippen LogP contribution in [-0.2, 0) is 12.6 Å². The minimum Gasteiger partial charge on any atom is -0.250 e. The number of alkyl halides is 3. The van der Waals surface area contributed by atoms with E-state index in [2.05, 4.69) is 4.98 Å². The summed E-state index contributed by atoms with van der Waals surface area (Å²) < 4.78 is 38.1. The van der Waals surface area contributed by atoms with Gasteiger partial charge in [0.25, 0.3) is 0 Å². The highest BCUT2D eigenvalue weighted by molar-refractivity contribution is 6.33. The van der Waals surface area contributed by atoms with E-state index in [1.165, 1.54) is 18.2 Å². The Hall–Kier alpha value is -2.06. The molecule has 6 heteroatoms. The molecule has 2 aromatic rings. The van der Waals surface area contributed by atoms with E-state index in [4.69, 9.17) is 16.9 Å². The fourth-order valence-electron chi connectivity index (χ4n) is 1.71. The van der Waals surface area contributed by atoms with Gasteiger partial charge in [0.15, 0.2) is 0 Å². The van der Waals surface area contributed by atoms with Crippen LogP contribution < -0.4 is 0 Å². The number of halogens is 4. The third kappa shape index (κ3) is 3.09. The molecule has 1 aromatic heterocycles. The molecule has 20 heavy (non-hydrogen) atoms. The maximum absolute atomic E-state index is 12.7. The van der Waals surface area contributed by atoms with Gasteiger partial charge in [0.1, 0.15) is 0 Å². The molecule has 0 bridgehead atoms. The molecule has 2 nitrogen and oxygen atoms in total. The van der Waals surface area contributed by atoms with Crippen molar-refractivity contribution in [3.8, 4) is 17.3 Å². The van der Waals surface area contributed by atoms with Crippen molar-refractivity contribution in [2.75, 3.05) is 0 Å². The van der Waals surface area contributed by atoms with Crippen molar-refractivity contribution in [3.05, 3.63) is 52.7 Å². The van der Waals surface area contributed by atoms with Crippen LogP contribution in [0.2, 0.25) is 5.02 Å². The third-order valence-electron chi connectivity index (χ3n) is 2.63. The second kappa shape index (κ2) is 5.51. The normalized spacial score (nSPS) is 11.2. The lowest BCUT2D eigenvalue weighted by Gasteiger charge is -2.10. The van der Waals surface area contributed by atoms with E-state index < -0.39 is 11.7 Å². The zero-order valence-electron chi connectivity index (χ0n) is 10.1. The van der Waals surface area contributed by atoms with Crippen LogP contribution in [0, 0.1) is 11.3 Å². The standard InChI is InChI=1S/C14H8ClF3N2/c15-12-5-4-11(6-7-19)20-13(12)9-2-1-3-10(8-9)14(16,17)18/h1-5,8H,6H2. The van der Waals surface area contributed by atoms with Crippen molar-refractivity contribution in [1.29, 1.82) is 5.26 Å². The Bertz CT molecular complexity index is 675. The quantitative estimate of drug-likeness (QED) is 0.819. The highest BCUT2D eigenvalue weighted by Gasteiger charge is 2.30. The van der Waals surface area contributed by atoms with Crippen LogP contribution in [0.3, 0.4) is 0 Å². The molecule has 0 aliphatic carbocycles.